The van der Waals surface area contributed by atoms with Gasteiger partial charge in [0, 0.05) is 37.5 Å². The molecule has 3 aliphatic rings. The molecule has 1 atom stereocenters. The van der Waals surface area contributed by atoms with Crippen LogP contribution >= 0.6 is 0 Å². The van der Waals surface area contributed by atoms with Crippen LogP contribution in [0.5, 0.6) is 0 Å². The monoisotopic (exact) mass is 401 g/mol. The first-order chi connectivity index (χ1) is 14.3. The summed E-state index contributed by atoms with van der Waals surface area (Å²) in [5.41, 5.74) is 11.8. The summed E-state index contributed by atoms with van der Waals surface area (Å²) in [6, 6.07) is 2.09. The highest BCUT2D eigenvalue weighted by Gasteiger charge is 2.21. The lowest BCUT2D eigenvalue weighted by atomic mass is 10.1. The Hall–Kier alpha value is -3.92. The van der Waals surface area contributed by atoms with Gasteiger partial charge in [-0.25, -0.2) is 4.99 Å². The number of aliphatic imine (C=N–C) groups is 1. The van der Waals surface area contributed by atoms with Crippen LogP contribution in [0.25, 0.3) is 0 Å². The number of nitrogens with one attached hydrogen (secondary N) is 3. The maximum absolute atomic E-state index is 9.30. The third-order valence-corrected chi connectivity index (χ3v) is 4.86. The Morgan fingerprint density at radius 2 is 2.17 bits per heavy atom. The number of rotatable bonds is 6. The smallest absolute Gasteiger partial charge is 0.135 e. The molecule has 1 unspecified atom stereocenters. The van der Waals surface area contributed by atoms with E-state index in [9.17, 15) is 5.26 Å². The lowest BCUT2D eigenvalue weighted by Crippen LogP contribution is -2.29. The van der Waals surface area contributed by atoms with E-state index in [1.54, 1.807) is 24.1 Å². The fourth-order valence-electron chi connectivity index (χ4n) is 3.34. The maximum atomic E-state index is 9.30. The van der Waals surface area contributed by atoms with E-state index in [1.807, 2.05) is 0 Å². The second kappa shape index (κ2) is 8.62. The van der Waals surface area contributed by atoms with Crippen molar-refractivity contribution in [3.63, 3.8) is 0 Å². The molecule has 30 heavy (non-hydrogen) atoms. The Labute approximate surface area is 177 Å². The molecule has 5 N–H and O–H groups in total. The highest BCUT2D eigenvalue weighted by Crippen LogP contribution is 2.25. The summed E-state index contributed by atoms with van der Waals surface area (Å²) in [5.74, 6) is 0.563. The molecule has 7 heteroatoms. The van der Waals surface area contributed by atoms with Gasteiger partial charge < -0.3 is 26.6 Å². The third kappa shape index (κ3) is 4.55. The molecule has 2 aliphatic heterocycles. The number of nitrogens with zero attached hydrogens (tertiary/aromatic N) is 3. The standard InChI is InChI=1S/C23H27N7/c1-14(12-24)22-11-20(29-23(30(22)5)9-15(2)25)16(3)26-13-18-7-6-8-19-21(10-18)28-17(4)27-19/h6-7,9-11,17,26-28H,1-3,8,13,25H2,4-5H3/b23-9-. The molecule has 0 radical (unpaired) electrons. The Bertz CT molecular complexity index is 1020. The molecule has 0 aromatic carbocycles. The Balaban J connectivity index is 1.79. The molecule has 0 aromatic heterocycles. The number of hydrogen-bond donors (Lipinski definition) is 4. The van der Waals surface area contributed by atoms with E-state index in [1.165, 1.54) is 5.70 Å². The van der Waals surface area contributed by atoms with Gasteiger partial charge in [-0.05, 0) is 24.6 Å². The van der Waals surface area contributed by atoms with E-state index in [0.717, 1.165) is 17.7 Å². The van der Waals surface area contributed by atoms with Gasteiger partial charge in [0.2, 0.25) is 0 Å². The van der Waals surface area contributed by atoms with Crippen LogP contribution in [0.2, 0.25) is 0 Å². The van der Waals surface area contributed by atoms with Crippen LogP contribution in [0.1, 0.15) is 13.3 Å². The van der Waals surface area contributed by atoms with Crippen molar-refractivity contribution in [2.24, 2.45) is 10.7 Å². The summed E-state index contributed by atoms with van der Waals surface area (Å²) in [6.07, 6.45) is 10.9. The zero-order chi connectivity index (χ0) is 21.8. The van der Waals surface area contributed by atoms with Gasteiger partial charge in [-0.2, -0.15) is 5.26 Å². The van der Waals surface area contributed by atoms with Gasteiger partial charge in [0.15, 0.2) is 0 Å². The van der Waals surface area contributed by atoms with Gasteiger partial charge in [-0.15, -0.1) is 0 Å². The number of allylic oxidation sites excluding steroid dienone is 5. The van der Waals surface area contributed by atoms with Crippen LogP contribution in [0.4, 0.5) is 0 Å². The topological polar surface area (TPSA) is 101 Å². The molecule has 7 nitrogen and oxygen atoms in total. The molecule has 0 amide bonds. The lowest BCUT2D eigenvalue weighted by molar-refractivity contribution is 0.520. The minimum atomic E-state index is 0.231. The molecular weight excluding hydrogens is 374 g/mol. The summed E-state index contributed by atoms with van der Waals surface area (Å²) in [6.45, 7) is 14.3. The molecule has 0 aromatic rings. The van der Waals surface area contributed by atoms with Crippen molar-refractivity contribution in [3.8, 4) is 6.07 Å². The van der Waals surface area contributed by atoms with Crippen molar-refractivity contribution in [2.45, 2.75) is 19.5 Å². The number of nitriles is 1. The van der Waals surface area contributed by atoms with Gasteiger partial charge in [0.25, 0.3) is 0 Å². The van der Waals surface area contributed by atoms with E-state index in [-0.39, 0.29) is 6.17 Å². The average molecular weight is 402 g/mol. The van der Waals surface area contributed by atoms with Crippen LogP contribution in [-0.4, -0.2) is 30.4 Å². The van der Waals surface area contributed by atoms with Gasteiger partial charge >= 0.3 is 0 Å². The Morgan fingerprint density at radius 1 is 1.40 bits per heavy atom. The molecular formula is C23H27N7. The molecule has 0 fully saturated rings. The third-order valence-electron chi connectivity index (χ3n) is 4.86. The predicted octanol–water partition coefficient (Wildman–Crippen LogP) is 2.39. The quantitative estimate of drug-likeness (QED) is 0.510. The Kier molecular flexibility index (Phi) is 5.98. The normalized spacial score (nSPS) is 21.4. The van der Waals surface area contributed by atoms with E-state index in [2.05, 4.69) is 71.9 Å². The van der Waals surface area contributed by atoms with Crippen LogP contribution in [0.15, 0.2) is 101 Å². The molecule has 0 spiro atoms. The Morgan fingerprint density at radius 3 is 2.87 bits per heavy atom. The lowest BCUT2D eigenvalue weighted by Gasteiger charge is -2.27. The summed E-state index contributed by atoms with van der Waals surface area (Å²) in [7, 11) is 1.80. The predicted molar refractivity (Wildman–Crippen MR) is 121 cm³/mol. The second-order valence-electron chi connectivity index (χ2n) is 7.31. The van der Waals surface area contributed by atoms with Crippen LogP contribution in [-0.2, 0) is 0 Å². The number of nitrogens with two attached hydrogens (primary N) is 1. The van der Waals surface area contributed by atoms with Gasteiger partial charge in [0.1, 0.15) is 11.9 Å². The van der Waals surface area contributed by atoms with Crippen molar-refractivity contribution in [3.05, 3.63) is 95.6 Å². The summed E-state index contributed by atoms with van der Waals surface area (Å²) < 4.78 is 0. The second-order valence-corrected chi connectivity index (χ2v) is 7.31. The molecule has 0 saturated heterocycles. The summed E-state index contributed by atoms with van der Waals surface area (Å²) in [5, 5.41) is 19.5. The van der Waals surface area contributed by atoms with Gasteiger partial charge in [-0.1, -0.05) is 31.9 Å². The van der Waals surface area contributed by atoms with E-state index >= 15 is 0 Å². The van der Waals surface area contributed by atoms with Crippen molar-refractivity contribution in [2.75, 3.05) is 13.6 Å². The fourth-order valence-corrected chi connectivity index (χ4v) is 3.34. The van der Waals surface area contributed by atoms with Crippen LogP contribution in [0, 0.1) is 11.3 Å². The van der Waals surface area contributed by atoms with E-state index in [4.69, 9.17) is 5.73 Å². The van der Waals surface area contributed by atoms with Gasteiger partial charge in [0.05, 0.1) is 34.5 Å². The first kappa shape index (κ1) is 20.8. The minimum Gasteiger partial charge on any atom is -0.399 e. The van der Waals surface area contributed by atoms with Crippen molar-refractivity contribution >= 4 is 5.71 Å². The molecule has 154 valence electrons. The zero-order valence-corrected chi connectivity index (χ0v) is 17.4. The van der Waals surface area contributed by atoms with Gasteiger partial charge in [-0.3, -0.25) is 0 Å². The molecule has 0 saturated carbocycles. The minimum absolute atomic E-state index is 0.231. The van der Waals surface area contributed by atoms with Crippen LogP contribution in [0.3, 0.4) is 0 Å². The molecule has 2 heterocycles. The summed E-state index contributed by atoms with van der Waals surface area (Å²) >= 11 is 0. The first-order valence-corrected chi connectivity index (χ1v) is 9.64. The number of hydrogen-bond acceptors (Lipinski definition) is 7. The maximum Gasteiger partial charge on any atom is 0.135 e. The highest BCUT2D eigenvalue weighted by atomic mass is 15.2. The van der Waals surface area contributed by atoms with E-state index in [0.29, 0.717) is 40.7 Å². The number of likely N-dealkylation sites (N-methyl/N-ethyl adjacent to an activating group) is 1. The molecule has 1 aliphatic carbocycles. The summed E-state index contributed by atoms with van der Waals surface area (Å²) in [4.78, 5) is 6.37. The zero-order valence-electron chi connectivity index (χ0n) is 17.4. The fraction of sp³-hybridized carbons (Fsp3) is 0.217. The van der Waals surface area contributed by atoms with Crippen molar-refractivity contribution in [1.82, 2.24) is 20.9 Å². The van der Waals surface area contributed by atoms with E-state index < -0.39 is 0 Å². The first-order valence-electron chi connectivity index (χ1n) is 9.64. The van der Waals surface area contributed by atoms with Crippen molar-refractivity contribution in [1.29, 1.82) is 5.26 Å². The van der Waals surface area contributed by atoms with Crippen molar-refractivity contribution < 1.29 is 0 Å². The molecule has 3 rings (SSSR count). The SMILES string of the molecule is C=C(N)/C=C1/N=C(C(=C)NCC2=CC3=C(CC=C2)NC(C)N3)C=C(C(=C)C#N)N1C. The highest BCUT2D eigenvalue weighted by molar-refractivity contribution is 6.09. The largest absolute Gasteiger partial charge is 0.399 e. The molecule has 0 bridgehead atoms. The van der Waals surface area contributed by atoms with Crippen LogP contribution < -0.4 is 21.7 Å². The average Bonchev–Trinajstić information content (AvgIpc) is 2.94.